The molecule has 130 valence electrons. The van der Waals surface area contributed by atoms with E-state index >= 15 is 0 Å². The molecule has 0 aliphatic rings. The number of anilines is 2. The molecule has 1 aromatic heterocycles. The van der Waals surface area contributed by atoms with Crippen molar-refractivity contribution < 1.29 is 14.7 Å². The number of amides is 1. The van der Waals surface area contributed by atoms with E-state index in [0.717, 1.165) is 0 Å². The lowest BCUT2D eigenvalue weighted by Crippen LogP contribution is -2.21. The number of carboxylic acids is 1. The monoisotopic (exact) mass is 348 g/mol. The van der Waals surface area contributed by atoms with E-state index in [9.17, 15) is 14.7 Å². The van der Waals surface area contributed by atoms with Gasteiger partial charge in [0, 0.05) is 11.1 Å². The quantitative estimate of drug-likeness (QED) is 0.592. The number of hydrogen-bond acceptors (Lipinski definition) is 5. The topological polar surface area (TPSA) is 104 Å². The van der Waals surface area contributed by atoms with Gasteiger partial charge in [-0.1, -0.05) is 36.9 Å². The molecule has 7 nitrogen and oxygen atoms in total. The first-order valence-corrected chi connectivity index (χ1v) is 7.81. The molecule has 0 saturated carbocycles. The predicted molar refractivity (Wildman–Crippen MR) is 98.8 cm³/mol. The molecule has 0 saturated heterocycles. The van der Waals surface area contributed by atoms with Gasteiger partial charge < -0.3 is 15.7 Å². The maximum atomic E-state index is 11.7. The van der Waals surface area contributed by atoms with Crippen molar-refractivity contribution in [3.8, 4) is 0 Å². The Morgan fingerprint density at radius 2 is 1.88 bits per heavy atom. The van der Waals surface area contributed by atoms with E-state index < -0.39 is 12.0 Å². The highest BCUT2D eigenvalue weighted by atomic mass is 16.4. The molecule has 1 atom stereocenters. The van der Waals surface area contributed by atoms with Crippen molar-refractivity contribution in [1.29, 1.82) is 0 Å². The van der Waals surface area contributed by atoms with Crippen molar-refractivity contribution in [3.05, 3.63) is 73.1 Å². The summed E-state index contributed by atoms with van der Waals surface area (Å²) in [5, 5.41) is 15.8. The van der Waals surface area contributed by atoms with E-state index in [1.165, 1.54) is 12.4 Å². The van der Waals surface area contributed by atoms with Gasteiger partial charge in [0.1, 0.15) is 12.1 Å². The third kappa shape index (κ3) is 3.67. The molecule has 0 aliphatic heterocycles. The molecular formula is C19H16N4O3. The summed E-state index contributed by atoms with van der Waals surface area (Å²) in [6.07, 6.45) is 2.53. The maximum Gasteiger partial charge on any atom is 0.330 e. The lowest BCUT2D eigenvalue weighted by Gasteiger charge is -2.17. The molecule has 26 heavy (non-hydrogen) atoms. The highest BCUT2D eigenvalue weighted by Gasteiger charge is 2.21. The van der Waals surface area contributed by atoms with Crippen molar-refractivity contribution in [2.45, 2.75) is 6.04 Å². The number of carbonyl (C=O) groups is 2. The summed E-state index contributed by atoms with van der Waals surface area (Å²) in [6, 6.07) is 12.9. The molecular weight excluding hydrogens is 332 g/mol. The summed E-state index contributed by atoms with van der Waals surface area (Å²) in [5.41, 5.74) is 1.76. The Balaban J connectivity index is 2.00. The van der Waals surface area contributed by atoms with Gasteiger partial charge in [0.25, 0.3) is 0 Å². The van der Waals surface area contributed by atoms with Crippen LogP contribution < -0.4 is 10.6 Å². The number of carboxylic acid groups (broad SMARTS) is 1. The fraction of sp³-hybridized carbons (Fsp3) is 0.0526. The maximum absolute atomic E-state index is 11.7. The van der Waals surface area contributed by atoms with Crippen LogP contribution in [0.25, 0.3) is 10.9 Å². The zero-order valence-electron chi connectivity index (χ0n) is 13.7. The highest BCUT2D eigenvalue weighted by molar-refractivity contribution is 6.01. The van der Waals surface area contributed by atoms with Gasteiger partial charge in [-0.3, -0.25) is 4.79 Å². The first kappa shape index (κ1) is 17.1. The van der Waals surface area contributed by atoms with Gasteiger partial charge in [-0.15, -0.1) is 0 Å². The Hall–Kier alpha value is -3.74. The number of rotatable bonds is 6. The van der Waals surface area contributed by atoms with Gasteiger partial charge in [0.05, 0.1) is 5.52 Å². The van der Waals surface area contributed by atoms with Crippen molar-refractivity contribution in [2.24, 2.45) is 0 Å². The van der Waals surface area contributed by atoms with Crippen LogP contribution in [0.4, 0.5) is 11.5 Å². The van der Waals surface area contributed by atoms with Gasteiger partial charge in [0.2, 0.25) is 5.91 Å². The number of nitrogens with zero attached hydrogens (tertiary/aromatic N) is 2. The molecule has 3 rings (SSSR count). The van der Waals surface area contributed by atoms with Gasteiger partial charge >= 0.3 is 5.97 Å². The van der Waals surface area contributed by atoms with Crippen LogP contribution in [-0.2, 0) is 9.59 Å². The molecule has 0 spiro atoms. The second-order valence-electron chi connectivity index (χ2n) is 5.47. The Kier molecular flexibility index (Phi) is 4.89. The van der Waals surface area contributed by atoms with E-state index in [0.29, 0.717) is 28.0 Å². The number of benzene rings is 2. The minimum absolute atomic E-state index is 0.344. The molecule has 7 heteroatoms. The summed E-state index contributed by atoms with van der Waals surface area (Å²) >= 11 is 0. The molecule has 3 N–H and O–H groups in total. The summed E-state index contributed by atoms with van der Waals surface area (Å²) in [6.45, 7) is 3.41. The summed E-state index contributed by atoms with van der Waals surface area (Å²) in [7, 11) is 0. The number of aliphatic carboxylic acids is 1. The lowest BCUT2D eigenvalue weighted by atomic mass is 10.1. The molecule has 0 bridgehead atoms. The van der Waals surface area contributed by atoms with Crippen molar-refractivity contribution in [3.63, 3.8) is 0 Å². The molecule has 1 amide bonds. The zero-order valence-corrected chi connectivity index (χ0v) is 13.7. The van der Waals surface area contributed by atoms with Gasteiger partial charge in [0.15, 0.2) is 6.04 Å². The van der Waals surface area contributed by atoms with Crippen LogP contribution in [-0.4, -0.2) is 27.0 Å². The van der Waals surface area contributed by atoms with Crippen LogP contribution in [0.5, 0.6) is 0 Å². The van der Waals surface area contributed by atoms with Crippen LogP contribution >= 0.6 is 0 Å². The third-order valence-corrected chi connectivity index (χ3v) is 3.75. The minimum Gasteiger partial charge on any atom is -0.479 e. The molecule has 0 radical (unpaired) electrons. The minimum atomic E-state index is -1.03. The molecule has 1 heterocycles. The third-order valence-electron chi connectivity index (χ3n) is 3.75. The van der Waals surface area contributed by atoms with Gasteiger partial charge in [-0.05, 0) is 29.8 Å². The van der Waals surface area contributed by atoms with E-state index in [1.807, 2.05) is 6.07 Å². The van der Waals surface area contributed by atoms with Gasteiger partial charge in [-0.25, -0.2) is 14.8 Å². The average Bonchev–Trinajstić information content (AvgIpc) is 2.66. The fourth-order valence-corrected chi connectivity index (χ4v) is 2.51. The predicted octanol–water partition coefficient (Wildman–Crippen LogP) is 2.99. The average molecular weight is 348 g/mol. The standard InChI is InChI=1S/C19H16N4O3/c1-2-16(24)22-13-8-9-15-14(10-13)18(21-11-20-15)23-17(19(25)26)12-6-4-3-5-7-12/h2-11,17H,1H2,(H,22,24)(H,25,26)(H,20,21,23). The van der Waals surface area contributed by atoms with Gasteiger partial charge in [-0.2, -0.15) is 0 Å². The van der Waals surface area contributed by atoms with Crippen LogP contribution in [0, 0.1) is 0 Å². The Bertz CT molecular complexity index is 973. The smallest absolute Gasteiger partial charge is 0.330 e. The fourth-order valence-electron chi connectivity index (χ4n) is 2.51. The van der Waals surface area contributed by atoms with Crippen molar-refractivity contribution in [2.75, 3.05) is 10.6 Å². The lowest BCUT2D eigenvalue weighted by molar-refractivity contribution is -0.138. The highest BCUT2D eigenvalue weighted by Crippen LogP contribution is 2.26. The number of nitrogens with one attached hydrogen (secondary N) is 2. The number of hydrogen-bond donors (Lipinski definition) is 3. The van der Waals surface area contributed by atoms with Crippen LogP contribution in [0.3, 0.4) is 0 Å². The van der Waals surface area contributed by atoms with E-state index in [-0.39, 0.29) is 5.91 Å². The van der Waals surface area contributed by atoms with Crippen LogP contribution in [0.2, 0.25) is 0 Å². The second kappa shape index (κ2) is 7.43. The zero-order chi connectivity index (χ0) is 18.5. The Labute approximate surface area is 149 Å². The van der Waals surface area contributed by atoms with E-state index in [4.69, 9.17) is 0 Å². The van der Waals surface area contributed by atoms with Crippen molar-refractivity contribution >= 4 is 34.3 Å². The van der Waals surface area contributed by atoms with E-state index in [2.05, 4.69) is 27.2 Å². The Morgan fingerprint density at radius 1 is 1.12 bits per heavy atom. The molecule has 0 fully saturated rings. The summed E-state index contributed by atoms with van der Waals surface area (Å²) in [5.74, 6) is -1.01. The largest absolute Gasteiger partial charge is 0.479 e. The summed E-state index contributed by atoms with van der Waals surface area (Å²) < 4.78 is 0. The number of aromatic nitrogens is 2. The normalized spacial score (nSPS) is 11.5. The molecule has 0 aliphatic carbocycles. The Morgan fingerprint density at radius 3 is 2.58 bits per heavy atom. The molecule has 2 aromatic carbocycles. The number of carbonyl (C=O) groups excluding carboxylic acids is 1. The van der Waals surface area contributed by atoms with E-state index in [1.54, 1.807) is 42.5 Å². The second-order valence-corrected chi connectivity index (χ2v) is 5.47. The molecule has 3 aromatic rings. The van der Waals surface area contributed by atoms with Crippen LogP contribution in [0.15, 0.2) is 67.5 Å². The van der Waals surface area contributed by atoms with Crippen molar-refractivity contribution in [1.82, 2.24) is 9.97 Å². The summed E-state index contributed by atoms with van der Waals surface area (Å²) in [4.78, 5) is 31.6. The van der Waals surface area contributed by atoms with Crippen LogP contribution in [0.1, 0.15) is 11.6 Å². The SMILES string of the molecule is C=CC(=O)Nc1ccc2ncnc(NC(C(=O)O)c3ccccc3)c2c1. The molecule has 1 unspecified atom stereocenters. The first-order valence-electron chi connectivity index (χ1n) is 7.81. The number of fused-ring (bicyclic) bond motifs is 1. The first-order chi connectivity index (χ1) is 12.6.